The van der Waals surface area contributed by atoms with Crippen molar-refractivity contribution in [1.29, 1.82) is 0 Å². The Bertz CT molecular complexity index is 223. The molecule has 2 nitrogen and oxygen atoms in total. The van der Waals surface area contributed by atoms with Crippen LogP contribution in [0.4, 0.5) is 0 Å². The molecule has 0 aromatic heterocycles. The maximum Gasteiger partial charge on any atom is 1.00 e. The van der Waals surface area contributed by atoms with Crippen LogP contribution in [0.3, 0.4) is 0 Å². The van der Waals surface area contributed by atoms with Crippen molar-refractivity contribution in [1.82, 2.24) is 4.90 Å². The first-order valence-electron chi connectivity index (χ1n) is 7.41. The van der Waals surface area contributed by atoms with Gasteiger partial charge in [0.25, 0.3) is 0 Å². The minimum absolute atomic E-state index is 0. The zero-order chi connectivity index (χ0) is 12.3. The summed E-state index contributed by atoms with van der Waals surface area (Å²) >= 11 is 0. The molecule has 2 heterocycles. The van der Waals surface area contributed by atoms with Gasteiger partial charge in [-0.25, -0.2) is 0 Å². The minimum Gasteiger partial charge on any atom is -0.662 e. The summed E-state index contributed by atoms with van der Waals surface area (Å²) in [5, 5.41) is 4.45. The Morgan fingerprint density at radius 1 is 1.00 bits per heavy atom. The number of hydrogen-bond acceptors (Lipinski definition) is 1. The van der Waals surface area contributed by atoms with E-state index in [-0.39, 0.29) is 51.4 Å². The van der Waals surface area contributed by atoms with Gasteiger partial charge >= 0.3 is 51.4 Å². The van der Waals surface area contributed by atoms with E-state index in [1.54, 1.807) is 0 Å². The summed E-state index contributed by atoms with van der Waals surface area (Å²) < 4.78 is 0. The maximum absolute atomic E-state index is 4.45. The Morgan fingerprint density at radius 3 is 2.06 bits per heavy atom. The Labute approximate surface area is 156 Å². The molecule has 2 fully saturated rings. The summed E-state index contributed by atoms with van der Waals surface area (Å²) in [7, 11) is 0. The summed E-state index contributed by atoms with van der Waals surface area (Å²) in [6, 6.07) is 0. The largest absolute Gasteiger partial charge is 1.00 e. The van der Waals surface area contributed by atoms with Gasteiger partial charge in [0, 0.05) is 6.54 Å². The van der Waals surface area contributed by atoms with E-state index >= 15 is 0 Å². The molecule has 2 aliphatic rings. The third kappa shape index (κ3) is 5.51. The van der Waals surface area contributed by atoms with Gasteiger partial charge in [0.1, 0.15) is 0 Å². The Balaban J connectivity index is 0.00000162. The van der Waals surface area contributed by atoms with E-state index in [4.69, 9.17) is 0 Å². The molecule has 0 aliphatic carbocycles. The minimum atomic E-state index is 0. The molecule has 100 valence electrons. The number of hydrogen-bond donors (Lipinski definition) is 0. The fraction of sp³-hybridized carbons (Fsp3) is 1.00. The van der Waals surface area contributed by atoms with Crippen molar-refractivity contribution >= 4 is 0 Å². The van der Waals surface area contributed by atoms with Gasteiger partial charge in [0.05, 0.1) is 0 Å². The molecule has 0 unspecified atom stereocenters. The topological polar surface area (TPSA) is 17.3 Å². The van der Waals surface area contributed by atoms with Gasteiger partial charge in [-0.3, -0.25) is 0 Å². The maximum atomic E-state index is 4.45. The van der Waals surface area contributed by atoms with Crippen LogP contribution in [-0.2, 0) is 0 Å². The SMILES string of the molecule is CC(C)(C)C1CCN(CC2CC[N-]CC2)CC1.[K+]. The molecular weight excluding hydrogens is 247 g/mol. The molecule has 2 rings (SSSR count). The molecule has 0 N–H and O–H groups in total. The Kier molecular flexibility index (Phi) is 7.93. The normalized spacial score (nSPS) is 24.8. The summed E-state index contributed by atoms with van der Waals surface area (Å²) in [6.45, 7) is 13.4. The second-order valence-corrected chi connectivity index (χ2v) is 7.06. The van der Waals surface area contributed by atoms with E-state index in [9.17, 15) is 0 Å². The van der Waals surface area contributed by atoms with Gasteiger partial charge in [-0.1, -0.05) is 33.6 Å². The van der Waals surface area contributed by atoms with Crippen molar-refractivity contribution < 1.29 is 51.4 Å². The second kappa shape index (κ2) is 8.11. The first kappa shape index (κ1) is 17.6. The zero-order valence-electron chi connectivity index (χ0n) is 12.9. The van der Waals surface area contributed by atoms with E-state index in [1.807, 2.05) is 0 Å². The molecule has 3 heteroatoms. The fourth-order valence-electron chi connectivity index (χ4n) is 3.33. The van der Waals surface area contributed by atoms with Crippen molar-refractivity contribution in [2.45, 2.75) is 46.5 Å². The molecule has 0 aromatic rings. The van der Waals surface area contributed by atoms with Crippen LogP contribution < -0.4 is 51.4 Å². The molecule has 0 spiro atoms. The monoisotopic (exact) mass is 276 g/mol. The van der Waals surface area contributed by atoms with Crippen molar-refractivity contribution in [2.75, 3.05) is 32.7 Å². The van der Waals surface area contributed by atoms with E-state index in [0.29, 0.717) is 5.41 Å². The van der Waals surface area contributed by atoms with E-state index in [0.717, 1.165) is 24.9 Å². The smallest absolute Gasteiger partial charge is 0.662 e. The van der Waals surface area contributed by atoms with Crippen LogP contribution in [0.15, 0.2) is 0 Å². The van der Waals surface area contributed by atoms with Gasteiger partial charge in [-0.05, 0) is 43.2 Å². The van der Waals surface area contributed by atoms with Crippen LogP contribution in [0.2, 0.25) is 0 Å². The van der Waals surface area contributed by atoms with Crippen LogP contribution >= 0.6 is 0 Å². The predicted octanol–water partition coefficient (Wildman–Crippen LogP) is 0.532. The van der Waals surface area contributed by atoms with Crippen LogP contribution in [0.25, 0.3) is 5.32 Å². The molecule has 0 aromatic carbocycles. The van der Waals surface area contributed by atoms with Crippen LogP contribution in [0.1, 0.15) is 46.5 Å². The van der Waals surface area contributed by atoms with Crippen molar-refractivity contribution in [3.05, 3.63) is 5.32 Å². The molecule has 2 saturated heterocycles. The molecule has 0 saturated carbocycles. The molecule has 0 radical (unpaired) electrons. The Morgan fingerprint density at radius 2 is 1.56 bits per heavy atom. The average molecular weight is 277 g/mol. The third-order valence-corrected chi connectivity index (χ3v) is 4.72. The fourth-order valence-corrected chi connectivity index (χ4v) is 3.33. The van der Waals surface area contributed by atoms with Crippen molar-refractivity contribution in [2.24, 2.45) is 17.3 Å². The first-order chi connectivity index (χ1) is 8.05. The number of likely N-dealkylation sites (tertiary alicyclic amines) is 1. The number of piperidine rings is 2. The molecule has 2 aliphatic heterocycles. The van der Waals surface area contributed by atoms with Crippen molar-refractivity contribution in [3.8, 4) is 0 Å². The molecular formula is C15H29KN2. The van der Waals surface area contributed by atoms with E-state index in [2.05, 4.69) is 31.0 Å². The molecule has 0 bridgehead atoms. The summed E-state index contributed by atoms with van der Waals surface area (Å²) in [5.74, 6) is 1.86. The predicted molar refractivity (Wildman–Crippen MR) is 74.4 cm³/mol. The standard InChI is InChI=1S/C15H29N2.K/c1-15(2,3)14-6-10-17(11-7-14)12-13-4-8-16-9-5-13;/h13-14H,4-12H2,1-3H3;/q-1;+1. The average Bonchev–Trinajstić information content (AvgIpc) is 2.30. The third-order valence-electron chi connectivity index (χ3n) is 4.72. The summed E-state index contributed by atoms with van der Waals surface area (Å²) in [5.41, 5.74) is 0.510. The van der Waals surface area contributed by atoms with Gasteiger partial charge in [-0.15, -0.1) is 13.1 Å². The summed E-state index contributed by atoms with van der Waals surface area (Å²) in [4.78, 5) is 2.71. The molecule has 18 heavy (non-hydrogen) atoms. The van der Waals surface area contributed by atoms with Crippen molar-refractivity contribution in [3.63, 3.8) is 0 Å². The number of nitrogens with zero attached hydrogens (tertiary/aromatic N) is 2. The quantitative estimate of drug-likeness (QED) is 0.673. The molecule has 0 atom stereocenters. The number of rotatable bonds is 2. The van der Waals surface area contributed by atoms with Crippen LogP contribution in [0.5, 0.6) is 0 Å². The zero-order valence-corrected chi connectivity index (χ0v) is 16.0. The second-order valence-electron chi connectivity index (χ2n) is 7.06. The van der Waals surface area contributed by atoms with E-state index in [1.165, 1.54) is 45.3 Å². The van der Waals surface area contributed by atoms with Gasteiger partial charge in [-0.2, -0.15) is 0 Å². The van der Waals surface area contributed by atoms with Gasteiger partial charge < -0.3 is 10.2 Å². The van der Waals surface area contributed by atoms with Gasteiger partial charge in [0.2, 0.25) is 0 Å². The molecule has 0 amide bonds. The van der Waals surface area contributed by atoms with Gasteiger partial charge in [0.15, 0.2) is 0 Å². The first-order valence-corrected chi connectivity index (χ1v) is 7.41. The van der Waals surface area contributed by atoms with Crippen LogP contribution in [0, 0.1) is 17.3 Å². The summed E-state index contributed by atoms with van der Waals surface area (Å²) in [6.07, 6.45) is 5.47. The van der Waals surface area contributed by atoms with E-state index < -0.39 is 0 Å². The Hall–Kier alpha value is 1.56. The van der Waals surface area contributed by atoms with Crippen LogP contribution in [-0.4, -0.2) is 37.6 Å².